The van der Waals surface area contributed by atoms with Gasteiger partial charge in [0.05, 0.1) is 0 Å². The summed E-state index contributed by atoms with van der Waals surface area (Å²) in [6.07, 6.45) is 1.26. The van der Waals surface area contributed by atoms with E-state index in [2.05, 4.69) is 34.9 Å². The highest BCUT2D eigenvalue weighted by atomic mass is 14.9. The van der Waals surface area contributed by atoms with Gasteiger partial charge in [-0.15, -0.1) is 0 Å². The second-order valence-electron chi connectivity index (χ2n) is 3.53. The third-order valence-electron chi connectivity index (χ3n) is 2.73. The number of rotatable bonds is 2. The maximum Gasteiger partial charge on any atom is 0.0373 e. The zero-order valence-electron chi connectivity index (χ0n) is 8.01. The second kappa shape index (κ2) is 3.79. The Labute approximate surface area is 79.4 Å². The third kappa shape index (κ3) is 1.68. The number of nitrogens with one attached hydrogen (secondary N) is 2. The minimum Gasteiger partial charge on any atom is -0.388 e. The first-order valence-electron chi connectivity index (χ1n) is 4.89. The molecule has 0 spiro atoms. The Kier molecular flexibility index (Phi) is 2.50. The molecular formula is C11H16N2. The van der Waals surface area contributed by atoms with Gasteiger partial charge in [0.2, 0.25) is 0 Å². The molecule has 1 heterocycles. The van der Waals surface area contributed by atoms with Crippen LogP contribution in [0.4, 0.5) is 5.69 Å². The lowest BCUT2D eigenvalue weighted by atomic mass is 9.97. The van der Waals surface area contributed by atoms with Gasteiger partial charge in [-0.3, -0.25) is 0 Å². The molecule has 1 aliphatic rings. The molecule has 0 bridgehead atoms. The fourth-order valence-electron chi connectivity index (χ4n) is 2.00. The number of benzene rings is 1. The molecule has 0 saturated carbocycles. The van der Waals surface area contributed by atoms with E-state index in [4.69, 9.17) is 0 Å². The molecule has 0 radical (unpaired) electrons. The second-order valence-corrected chi connectivity index (χ2v) is 3.53. The van der Waals surface area contributed by atoms with Crippen LogP contribution in [0.25, 0.3) is 0 Å². The Hall–Kier alpha value is -1.02. The summed E-state index contributed by atoms with van der Waals surface area (Å²) < 4.78 is 0. The van der Waals surface area contributed by atoms with E-state index >= 15 is 0 Å². The molecule has 1 aromatic rings. The predicted molar refractivity (Wildman–Crippen MR) is 56.2 cm³/mol. The van der Waals surface area contributed by atoms with Gasteiger partial charge in [0.15, 0.2) is 0 Å². The molecule has 2 nitrogen and oxygen atoms in total. The van der Waals surface area contributed by atoms with Crippen LogP contribution in [0, 0.1) is 0 Å². The van der Waals surface area contributed by atoms with Gasteiger partial charge in [-0.25, -0.2) is 0 Å². The van der Waals surface area contributed by atoms with Crippen molar-refractivity contribution in [3.05, 3.63) is 29.8 Å². The fraction of sp³-hybridized carbons (Fsp3) is 0.455. The Morgan fingerprint density at radius 2 is 2.23 bits per heavy atom. The third-order valence-corrected chi connectivity index (χ3v) is 2.73. The van der Waals surface area contributed by atoms with Crippen molar-refractivity contribution in [1.29, 1.82) is 0 Å². The van der Waals surface area contributed by atoms with Crippen molar-refractivity contribution in [2.24, 2.45) is 0 Å². The number of hydrogen-bond acceptors (Lipinski definition) is 2. The van der Waals surface area contributed by atoms with Crippen molar-refractivity contribution in [2.45, 2.75) is 12.3 Å². The summed E-state index contributed by atoms with van der Waals surface area (Å²) in [4.78, 5) is 0. The zero-order valence-corrected chi connectivity index (χ0v) is 8.01. The summed E-state index contributed by atoms with van der Waals surface area (Å²) in [6, 6.07) is 8.57. The van der Waals surface area contributed by atoms with Gasteiger partial charge < -0.3 is 10.6 Å². The van der Waals surface area contributed by atoms with Crippen LogP contribution in [0.5, 0.6) is 0 Å². The molecular weight excluding hydrogens is 160 g/mol. The number of anilines is 1. The monoisotopic (exact) mass is 176 g/mol. The van der Waals surface area contributed by atoms with Crippen LogP contribution in [0.3, 0.4) is 0 Å². The van der Waals surface area contributed by atoms with E-state index in [1.807, 2.05) is 7.05 Å². The average Bonchev–Trinajstić information content (AvgIpc) is 2.70. The molecule has 1 atom stereocenters. The molecule has 1 fully saturated rings. The molecule has 1 saturated heterocycles. The highest BCUT2D eigenvalue weighted by molar-refractivity contribution is 5.52. The summed E-state index contributed by atoms with van der Waals surface area (Å²) in [5.41, 5.74) is 2.73. The lowest BCUT2D eigenvalue weighted by Crippen LogP contribution is -2.09. The van der Waals surface area contributed by atoms with Gasteiger partial charge >= 0.3 is 0 Å². The highest BCUT2D eigenvalue weighted by Crippen LogP contribution is 2.28. The van der Waals surface area contributed by atoms with Crippen molar-refractivity contribution < 1.29 is 0 Å². The minimum atomic E-state index is 0.698. The van der Waals surface area contributed by atoms with E-state index in [1.165, 1.54) is 17.7 Å². The summed E-state index contributed by atoms with van der Waals surface area (Å²) in [5.74, 6) is 0.698. The van der Waals surface area contributed by atoms with Crippen molar-refractivity contribution in [1.82, 2.24) is 5.32 Å². The first-order valence-corrected chi connectivity index (χ1v) is 4.89. The van der Waals surface area contributed by atoms with Crippen molar-refractivity contribution in [3.8, 4) is 0 Å². The van der Waals surface area contributed by atoms with E-state index in [1.54, 1.807) is 0 Å². The quantitative estimate of drug-likeness (QED) is 0.718. The summed E-state index contributed by atoms with van der Waals surface area (Å²) >= 11 is 0. The van der Waals surface area contributed by atoms with Crippen LogP contribution in [-0.4, -0.2) is 20.1 Å². The van der Waals surface area contributed by atoms with E-state index < -0.39 is 0 Å². The largest absolute Gasteiger partial charge is 0.388 e. The maximum absolute atomic E-state index is 3.39. The van der Waals surface area contributed by atoms with E-state index in [0.717, 1.165) is 13.1 Å². The molecule has 13 heavy (non-hydrogen) atoms. The average molecular weight is 176 g/mol. The molecule has 1 unspecified atom stereocenters. The molecule has 70 valence electrons. The van der Waals surface area contributed by atoms with E-state index in [9.17, 15) is 0 Å². The van der Waals surface area contributed by atoms with Crippen molar-refractivity contribution in [2.75, 3.05) is 25.5 Å². The Balaban J connectivity index is 2.26. The molecule has 0 aromatic heterocycles. The minimum absolute atomic E-state index is 0.698. The lowest BCUT2D eigenvalue weighted by molar-refractivity contribution is 0.765. The van der Waals surface area contributed by atoms with Gasteiger partial charge in [0, 0.05) is 19.3 Å². The maximum atomic E-state index is 3.39. The van der Waals surface area contributed by atoms with Crippen LogP contribution in [-0.2, 0) is 0 Å². The standard InChI is InChI=1S/C11H16N2/c1-12-11-5-3-2-4-10(11)9-6-7-13-8-9/h2-5,9,12-13H,6-8H2,1H3. The van der Waals surface area contributed by atoms with Crippen LogP contribution in [0.15, 0.2) is 24.3 Å². The summed E-state index contributed by atoms with van der Waals surface area (Å²) in [6.45, 7) is 2.28. The fourth-order valence-corrected chi connectivity index (χ4v) is 2.00. The molecule has 2 N–H and O–H groups in total. The normalized spacial score (nSPS) is 21.8. The van der Waals surface area contributed by atoms with Crippen LogP contribution < -0.4 is 10.6 Å². The van der Waals surface area contributed by atoms with Gasteiger partial charge in [-0.2, -0.15) is 0 Å². The molecule has 2 heteroatoms. The van der Waals surface area contributed by atoms with Crippen molar-refractivity contribution in [3.63, 3.8) is 0 Å². The van der Waals surface area contributed by atoms with E-state index in [-0.39, 0.29) is 0 Å². The first kappa shape index (κ1) is 8.57. The Bertz CT molecular complexity index is 277. The number of hydrogen-bond donors (Lipinski definition) is 2. The van der Waals surface area contributed by atoms with Crippen LogP contribution in [0.1, 0.15) is 17.9 Å². The Morgan fingerprint density at radius 3 is 2.92 bits per heavy atom. The SMILES string of the molecule is CNc1ccccc1C1CCNC1. The van der Waals surface area contributed by atoms with Gasteiger partial charge in [0.1, 0.15) is 0 Å². The molecule has 0 aliphatic carbocycles. The Morgan fingerprint density at radius 1 is 1.38 bits per heavy atom. The smallest absolute Gasteiger partial charge is 0.0373 e. The summed E-state index contributed by atoms with van der Waals surface area (Å²) in [5, 5.41) is 6.64. The van der Waals surface area contributed by atoms with Gasteiger partial charge in [-0.1, -0.05) is 18.2 Å². The lowest BCUT2D eigenvalue weighted by Gasteiger charge is -2.13. The molecule has 2 rings (SSSR count). The molecule has 1 aliphatic heterocycles. The van der Waals surface area contributed by atoms with Crippen molar-refractivity contribution >= 4 is 5.69 Å². The topological polar surface area (TPSA) is 24.1 Å². The van der Waals surface area contributed by atoms with Crippen LogP contribution >= 0.6 is 0 Å². The van der Waals surface area contributed by atoms with Crippen LogP contribution in [0.2, 0.25) is 0 Å². The van der Waals surface area contributed by atoms with Gasteiger partial charge in [0.25, 0.3) is 0 Å². The summed E-state index contributed by atoms with van der Waals surface area (Å²) in [7, 11) is 1.99. The zero-order chi connectivity index (χ0) is 9.10. The molecule has 0 amide bonds. The van der Waals surface area contributed by atoms with Gasteiger partial charge in [-0.05, 0) is 30.5 Å². The predicted octanol–water partition coefficient (Wildman–Crippen LogP) is 1.81. The number of para-hydroxylation sites is 1. The highest BCUT2D eigenvalue weighted by Gasteiger charge is 2.18. The first-order chi connectivity index (χ1) is 6.42. The van der Waals surface area contributed by atoms with E-state index in [0.29, 0.717) is 5.92 Å². The molecule has 1 aromatic carbocycles.